The van der Waals surface area contributed by atoms with E-state index in [1.54, 1.807) is 4.52 Å². The molecule has 2 aromatic carbocycles. The number of nitrogens with zero attached hydrogens (tertiary/aromatic N) is 9. The van der Waals surface area contributed by atoms with Gasteiger partial charge in [-0.15, -0.1) is 39.5 Å². The van der Waals surface area contributed by atoms with E-state index in [4.69, 9.17) is 25.3 Å². The Hall–Kier alpha value is -2.82. The van der Waals surface area contributed by atoms with Crippen LogP contribution in [-0.2, 0) is 22.6 Å². The SMILES string of the molecule is C.I.Ic1nc2cccc(-c3ccc(CN4CCOCC4)cc3)n2n1.Nc1nc2cccc(-c3ccc(CN4CCOCC4)cc3)n2n1.O=N[O-].[Na+]. The molecule has 8 rings (SSSR count). The van der Waals surface area contributed by atoms with Crippen LogP contribution >= 0.6 is 46.6 Å². The van der Waals surface area contributed by atoms with Crippen LogP contribution in [0.2, 0.25) is 0 Å². The van der Waals surface area contributed by atoms with Gasteiger partial charge in [-0.05, 0) is 35.4 Å². The number of morpholine rings is 2. The molecule has 0 saturated carbocycles. The summed E-state index contributed by atoms with van der Waals surface area (Å²) in [7, 11) is 0. The number of anilines is 1. The number of pyridine rings is 2. The Morgan fingerprint density at radius 3 is 1.54 bits per heavy atom. The third kappa shape index (κ3) is 11.6. The molecule has 2 aliphatic rings. The first-order valence-electron chi connectivity index (χ1n) is 15.9. The van der Waals surface area contributed by atoms with Gasteiger partial charge in [0.05, 0.1) is 37.8 Å². The van der Waals surface area contributed by atoms with Crippen molar-refractivity contribution in [2.45, 2.75) is 20.5 Å². The smallest absolute Gasteiger partial charge is 0.444 e. The van der Waals surface area contributed by atoms with Gasteiger partial charge in [-0.25, -0.2) is 14.0 Å². The van der Waals surface area contributed by atoms with Crippen LogP contribution < -0.4 is 35.3 Å². The molecule has 4 aromatic heterocycles. The molecule has 2 N–H and O–H groups in total. The first-order valence-corrected chi connectivity index (χ1v) is 16.9. The van der Waals surface area contributed by atoms with Crippen molar-refractivity contribution >= 4 is 63.8 Å². The molecular weight excluding hydrogens is 901 g/mol. The average molecular weight is 943 g/mol. The Bertz CT molecular complexity index is 1830. The number of nitrogens with two attached hydrogens (primary N) is 1. The van der Waals surface area contributed by atoms with E-state index >= 15 is 0 Å². The largest absolute Gasteiger partial charge is 1.00 e. The van der Waals surface area contributed by atoms with Gasteiger partial charge in [0.2, 0.25) is 9.78 Å². The van der Waals surface area contributed by atoms with E-state index in [0.29, 0.717) is 5.95 Å². The normalized spacial score (nSPS) is 14.4. The summed E-state index contributed by atoms with van der Waals surface area (Å²) in [6.07, 6.45) is 0. The number of ether oxygens (including phenoxy) is 2. The Morgan fingerprint density at radius 2 is 1.10 bits per heavy atom. The molecular formula is C35H41I2N10NaO4. The number of rotatable bonds is 6. The molecule has 0 spiro atoms. The van der Waals surface area contributed by atoms with Gasteiger partial charge in [0.25, 0.3) is 0 Å². The molecule has 0 atom stereocenters. The molecule has 14 nitrogen and oxygen atoms in total. The minimum atomic E-state index is 0. The van der Waals surface area contributed by atoms with Crippen LogP contribution in [0.25, 0.3) is 33.8 Å². The number of hydrogen-bond donors (Lipinski definition) is 1. The molecule has 0 amide bonds. The molecule has 2 aliphatic heterocycles. The maximum absolute atomic E-state index is 8.00. The maximum Gasteiger partial charge on any atom is 1.00 e. The first kappa shape index (κ1) is 43.6. The second-order valence-electron chi connectivity index (χ2n) is 11.5. The predicted molar refractivity (Wildman–Crippen MR) is 217 cm³/mol. The van der Waals surface area contributed by atoms with Crippen molar-refractivity contribution in [3.63, 3.8) is 0 Å². The van der Waals surface area contributed by atoms with E-state index in [0.717, 1.165) is 109 Å². The molecule has 2 fully saturated rings. The van der Waals surface area contributed by atoms with E-state index in [1.807, 2.05) is 34.8 Å². The van der Waals surface area contributed by atoms with Gasteiger partial charge < -0.3 is 25.3 Å². The quantitative estimate of drug-likeness (QED) is 0.113. The molecule has 0 aliphatic carbocycles. The van der Waals surface area contributed by atoms with Crippen molar-refractivity contribution in [1.29, 1.82) is 0 Å². The van der Waals surface area contributed by atoms with E-state index in [9.17, 15) is 0 Å². The van der Waals surface area contributed by atoms with E-state index in [1.165, 1.54) is 11.1 Å². The van der Waals surface area contributed by atoms with Crippen LogP contribution in [0.1, 0.15) is 18.6 Å². The maximum atomic E-state index is 8.00. The third-order valence-electron chi connectivity index (χ3n) is 8.23. The van der Waals surface area contributed by atoms with Gasteiger partial charge in [-0.3, -0.25) is 9.80 Å². The Morgan fingerprint density at radius 1 is 0.692 bits per heavy atom. The van der Waals surface area contributed by atoms with Gasteiger partial charge in [-0.2, -0.15) is 4.98 Å². The fourth-order valence-electron chi connectivity index (χ4n) is 5.83. The summed E-state index contributed by atoms with van der Waals surface area (Å²) in [4.78, 5) is 21.5. The van der Waals surface area contributed by atoms with E-state index < -0.39 is 0 Å². The van der Waals surface area contributed by atoms with Gasteiger partial charge in [0, 0.05) is 73.0 Å². The Kier molecular flexibility index (Phi) is 18.3. The minimum Gasteiger partial charge on any atom is -0.444 e. The zero-order valence-electron chi connectivity index (χ0n) is 28.2. The second-order valence-corrected chi connectivity index (χ2v) is 12.4. The summed E-state index contributed by atoms with van der Waals surface area (Å²) < 4.78 is 15.2. The molecule has 6 heterocycles. The van der Waals surface area contributed by atoms with Crippen LogP contribution in [0.4, 0.5) is 5.95 Å². The van der Waals surface area contributed by atoms with Crippen molar-refractivity contribution in [2.24, 2.45) is 5.34 Å². The standard InChI is InChI=1S/C17H17IN4O.C17H19N5O.CH4.HI.HNO2.Na/c2*18-17-19-16-3-1-2-15(22(16)20-17)14-6-4-13(5-7-14)12-21-8-10-23-11-9-21;;;2-1-3;/h1-7H,8-12H2;1-7H,8-12H2,(H2,18,20);1H4;1H;(H,2,3);/q;;;;;+1/p-1. The molecule has 17 heteroatoms. The zero-order valence-corrected chi connectivity index (χ0v) is 34.7. The average Bonchev–Trinajstić information content (AvgIpc) is 3.71. The summed E-state index contributed by atoms with van der Waals surface area (Å²) in [6, 6.07) is 29.3. The minimum absolute atomic E-state index is 0. The van der Waals surface area contributed by atoms with E-state index in [2.05, 4.69) is 107 Å². The van der Waals surface area contributed by atoms with Crippen molar-refractivity contribution in [1.82, 2.24) is 39.0 Å². The Balaban J connectivity index is 0.000000248. The molecule has 52 heavy (non-hydrogen) atoms. The fraction of sp³-hybridized carbons (Fsp3) is 0.314. The predicted octanol–water partition coefficient (Wildman–Crippen LogP) is 3.15. The van der Waals surface area contributed by atoms with Crippen LogP contribution in [0, 0.1) is 13.9 Å². The van der Waals surface area contributed by atoms with Crippen molar-refractivity contribution in [3.05, 3.63) is 110 Å². The number of fused-ring (bicyclic) bond motifs is 2. The zero-order chi connectivity index (χ0) is 34.0. The monoisotopic (exact) mass is 942 g/mol. The van der Waals surface area contributed by atoms with Crippen molar-refractivity contribution in [2.75, 3.05) is 58.3 Å². The summed E-state index contributed by atoms with van der Waals surface area (Å²) in [5.74, 6) is 0.293. The topological polar surface area (TPSA) is 164 Å². The first-order chi connectivity index (χ1) is 24.0. The summed E-state index contributed by atoms with van der Waals surface area (Å²) in [5.41, 5.74) is 14.3. The number of aromatic nitrogens is 6. The van der Waals surface area contributed by atoms with Crippen LogP contribution in [0.15, 0.2) is 90.3 Å². The number of halogens is 2. The molecule has 0 bridgehead atoms. The van der Waals surface area contributed by atoms with Gasteiger partial charge in [0.1, 0.15) is 0 Å². The molecule has 0 unspecified atom stereocenters. The summed E-state index contributed by atoms with van der Waals surface area (Å²) in [6.45, 7) is 9.30. The third-order valence-corrected chi connectivity index (χ3v) is 8.69. The molecule has 6 aromatic rings. The Labute approximate surface area is 355 Å². The van der Waals surface area contributed by atoms with Gasteiger partial charge >= 0.3 is 29.6 Å². The summed E-state index contributed by atoms with van der Waals surface area (Å²) >= 11 is 2.15. The van der Waals surface area contributed by atoms with E-state index in [-0.39, 0.29) is 61.0 Å². The van der Waals surface area contributed by atoms with Crippen LogP contribution in [0.5, 0.6) is 0 Å². The van der Waals surface area contributed by atoms with Gasteiger partial charge in [-0.1, -0.05) is 68.1 Å². The van der Waals surface area contributed by atoms with Crippen molar-refractivity contribution < 1.29 is 39.0 Å². The van der Waals surface area contributed by atoms with Crippen LogP contribution in [0.3, 0.4) is 0 Å². The van der Waals surface area contributed by atoms with Crippen molar-refractivity contribution in [3.8, 4) is 22.5 Å². The number of nitrogen functional groups attached to an aromatic ring is 1. The second kappa shape index (κ2) is 21.8. The number of benzene rings is 2. The van der Waals surface area contributed by atoms with Gasteiger partial charge in [0.15, 0.2) is 11.3 Å². The molecule has 2 saturated heterocycles. The summed E-state index contributed by atoms with van der Waals surface area (Å²) in [5, 5.41) is 17.7. The molecule has 0 radical (unpaired) electrons. The fourth-order valence-corrected chi connectivity index (χ4v) is 6.30. The number of hydrogen-bond acceptors (Lipinski definition) is 12. The molecule has 270 valence electrons. The van der Waals surface area contributed by atoms with Crippen LogP contribution in [-0.4, -0.2) is 91.6 Å².